The number of amides is 2. The Labute approximate surface area is 364 Å². The summed E-state index contributed by atoms with van der Waals surface area (Å²) in [6.45, 7) is 5.73. The predicted molar refractivity (Wildman–Crippen MR) is 220 cm³/mol. The second-order valence-corrected chi connectivity index (χ2v) is 16.1. The number of carboxylic acids is 2. The average molecular weight is 929 g/mol. The topological polar surface area (TPSA) is 201 Å². The number of hydrogen-bond donors (Lipinski definition) is 5. The first-order chi connectivity index (χ1) is 29.5. The molecule has 0 aliphatic carbocycles. The molecule has 5 N–H and O–H groups in total. The van der Waals surface area contributed by atoms with Gasteiger partial charge >= 0.3 is 24.7 Å². The zero-order valence-corrected chi connectivity index (χ0v) is 35.4. The molecule has 0 radical (unpaired) electrons. The number of carboxylic acid groups (broad SMARTS) is 2. The third-order valence-electron chi connectivity index (χ3n) is 9.12. The fourth-order valence-corrected chi connectivity index (χ4v) is 8.01. The highest BCUT2D eigenvalue weighted by molar-refractivity contribution is 7.17. The van der Waals surface area contributed by atoms with E-state index in [1.54, 1.807) is 17.0 Å². The van der Waals surface area contributed by atoms with E-state index < -0.39 is 72.1 Å². The molecule has 2 aromatic heterocycles. The number of carbonyl (C=O) groups excluding carboxylic acids is 4. The van der Waals surface area contributed by atoms with Crippen LogP contribution in [0, 0.1) is 5.92 Å². The Hall–Kier alpha value is -5.84. The number of nitrogens with zero attached hydrogens (tertiary/aromatic N) is 1. The van der Waals surface area contributed by atoms with Crippen molar-refractivity contribution in [1.29, 1.82) is 0 Å². The molecular weight excluding hydrogens is 887 g/mol. The van der Waals surface area contributed by atoms with Crippen molar-refractivity contribution in [3.05, 3.63) is 92.7 Å². The van der Waals surface area contributed by atoms with E-state index in [9.17, 15) is 60.2 Å². The van der Waals surface area contributed by atoms with E-state index in [1.165, 1.54) is 53.9 Å². The van der Waals surface area contributed by atoms with Gasteiger partial charge in [0, 0.05) is 27.4 Å². The Morgan fingerprint density at radius 2 is 1.22 bits per heavy atom. The monoisotopic (exact) mass is 928 g/mol. The molecule has 3 heterocycles. The molecule has 0 bridgehead atoms. The summed E-state index contributed by atoms with van der Waals surface area (Å²) in [7, 11) is 0. The number of ether oxygens (including phenoxy) is 2. The average Bonchev–Trinajstić information content (AvgIpc) is 3.82. The number of benzene rings is 2. The van der Waals surface area contributed by atoms with Crippen LogP contribution in [0.1, 0.15) is 75.2 Å². The highest BCUT2D eigenvalue weighted by atomic mass is 32.1. The van der Waals surface area contributed by atoms with Crippen LogP contribution in [0.15, 0.2) is 60.7 Å². The largest absolute Gasteiger partial charge is 0.573 e. The molecule has 2 amide bonds. The number of piperidine rings is 1. The maximum atomic E-state index is 13.0. The van der Waals surface area contributed by atoms with Gasteiger partial charge in [0.25, 0.3) is 0 Å². The molecule has 5 rings (SSSR count). The Morgan fingerprint density at radius 3 is 1.63 bits per heavy atom. The maximum Gasteiger partial charge on any atom is 0.573 e. The zero-order chi connectivity index (χ0) is 46.6. The molecule has 1 fully saturated rings. The molecule has 63 heavy (non-hydrogen) atoms. The Morgan fingerprint density at radius 1 is 0.762 bits per heavy atom. The summed E-state index contributed by atoms with van der Waals surface area (Å²) in [5, 5.41) is 26.4. The Bertz CT molecular complexity index is 2260. The SMILES string of the molecule is CCc1cc(C(=O)c2ccc(OC(F)(F)F)cc2)c(NC(=O)C(C)NCC(=O)O)s1.CCc1cc(C(=O)c2ccc(OC(F)(F)F)cc2)c(NC(=O)CN2CCCC(C(=O)O)C2)s1. The molecule has 2 aromatic carbocycles. The van der Waals surface area contributed by atoms with Crippen molar-refractivity contribution in [3.8, 4) is 11.5 Å². The number of carbonyl (C=O) groups is 6. The van der Waals surface area contributed by atoms with Crippen LogP contribution < -0.4 is 25.4 Å². The molecule has 1 aliphatic rings. The van der Waals surface area contributed by atoms with Gasteiger partial charge in [-0.3, -0.25) is 39.0 Å². The van der Waals surface area contributed by atoms with Gasteiger partial charge in [-0.1, -0.05) is 13.8 Å². The molecule has 1 saturated heterocycles. The number of alkyl halides is 6. The highest BCUT2D eigenvalue weighted by Crippen LogP contribution is 2.33. The van der Waals surface area contributed by atoms with Crippen molar-refractivity contribution in [3.63, 3.8) is 0 Å². The standard InChI is InChI=1S/C22H23F3N2O5S.C19H19F3N2O5S/c1-2-16-10-17(19(29)13-5-7-15(8-6-13)32-22(23,24)25)20(33-16)26-18(28)12-27-9-3-4-14(11-27)21(30)31;1-3-13-8-14(18(30-13)24-17(28)10(2)23-9-15(25)26)16(27)11-4-6-12(7-5-11)29-19(20,21)22/h5-8,10,14H,2-4,9,11-12H2,1H3,(H,26,28)(H,30,31);4-8,10,23H,3,9H2,1-2H3,(H,24,28)(H,25,26). The minimum Gasteiger partial charge on any atom is -0.481 e. The van der Waals surface area contributed by atoms with Crippen LogP contribution in [-0.2, 0) is 32.0 Å². The lowest BCUT2D eigenvalue weighted by Gasteiger charge is -2.29. The lowest BCUT2D eigenvalue weighted by Crippen LogP contribution is -2.42. The van der Waals surface area contributed by atoms with Crippen LogP contribution in [0.3, 0.4) is 0 Å². The van der Waals surface area contributed by atoms with Crippen LogP contribution in [0.2, 0.25) is 0 Å². The minimum atomic E-state index is -4.84. The van der Waals surface area contributed by atoms with E-state index in [2.05, 4.69) is 25.4 Å². The van der Waals surface area contributed by atoms with E-state index in [1.807, 2.05) is 13.8 Å². The van der Waals surface area contributed by atoms with Gasteiger partial charge < -0.3 is 30.3 Å². The first kappa shape index (κ1) is 49.8. The van der Waals surface area contributed by atoms with Crippen LogP contribution in [0.25, 0.3) is 0 Å². The number of aliphatic carboxylic acids is 2. The van der Waals surface area contributed by atoms with Gasteiger partial charge in [-0.25, -0.2) is 0 Å². The quantitative estimate of drug-likeness (QED) is 0.0514. The van der Waals surface area contributed by atoms with E-state index in [4.69, 9.17) is 5.11 Å². The summed E-state index contributed by atoms with van der Waals surface area (Å²) in [5.41, 5.74) is 0.718. The third-order valence-corrected chi connectivity index (χ3v) is 11.5. The van der Waals surface area contributed by atoms with Crippen LogP contribution >= 0.6 is 22.7 Å². The molecule has 22 heteroatoms. The smallest absolute Gasteiger partial charge is 0.481 e. The molecule has 0 spiro atoms. The van der Waals surface area contributed by atoms with Crippen molar-refractivity contribution in [2.45, 2.75) is 65.2 Å². The first-order valence-electron chi connectivity index (χ1n) is 19.1. The summed E-state index contributed by atoms with van der Waals surface area (Å²) < 4.78 is 81.5. The van der Waals surface area contributed by atoms with Crippen LogP contribution in [-0.4, -0.2) is 95.4 Å². The molecular formula is C41H42F6N4O10S2. The number of hydrogen-bond acceptors (Lipinski definition) is 12. The number of rotatable bonds is 17. The van der Waals surface area contributed by atoms with Gasteiger partial charge in [0.05, 0.1) is 36.2 Å². The van der Waals surface area contributed by atoms with Gasteiger partial charge in [0.2, 0.25) is 11.8 Å². The lowest BCUT2D eigenvalue weighted by atomic mass is 9.98. The maximum absolute atomic E-state index is 13.0. The Balaban J connectivity index is 0.000000278. The summed E-state index contributed by atoms with van der Waals surface area (Å²) in [6, 6.07) is 11.5. The normalized spacial score (nSPS) is 14.7. The molecule has 14 nitrogen and oxygen atoms in total. The summed E-state index contributed by atoms with van der Waals surface area (Å²) in [4.78, 5) is 76.1. The Kier molecular flexibility index (Phi) is 17.4. The number of anilines is 2. The molecule has 2 unspecified atom stereocenters. The first-order valence-corrected chi connectivity index (χ1v) is 20.8. The molecule has 1 aliphatic heterocycles. The van der Waals surface area contributed by atoms with E-state index in [-0.39, 0.29) is 46.3 Å². The van der Waals surface area contributed by atoms with Crippen LogP contribution in [0.4, 0.5) is 36.3 Å². The number of ketones is 2. The lowest BCUT2D eigenvalue weighted by molar-refractivity contribution is -0.275. The number of halogens is 6. The molecule has 4 aromatic rings. The summed E-state index contributed by atoms with van der Waals surface area (Å²) in [6.07, 6.45) is -7.18. The van der Waals surface area contributed by atoms with Gasteiger partial charge in [0.15, 0.2) is 11.6 Å². The van der Waals surface area contributed by atoms with Crippen molar-refractivity contribution < 1.29 is 74.8 Å². The second-order valence-electron chi connectivity index (χ2n) is 13.9. The van der Waals surface area contributed by atoms with Crippen molar-refractivity contribution in [2.24, 2.45) is 5.92 Å². The number of aryl methyl sites for hydroxylation is 2. The number of thiophene rings is 2. The third kappa shape index (κ3) is 15.5. The van der Waals surface area contributed by atoms with Gasteiger partial charge in [-0.05, 0) is 99.8 Å². The zero-order valence-electron chi connectivity index (χ0n) is 33.8. The fourth-order valence-electron chi connectivity index (χ4n) is 6.01. The fraction of sp³-hybridized carbons (Fsp3) is 0.366. The predicted octanol–water partition coefficient (Wildman–Crippen LogP) is 7.62. The van der Waals surface area contributed by atoms with E-state index in [0.717, 1.165) is 34.0 Å². The van der Waals surface area contributed by atoms with E-state index in [0.29, 0.717) is 37.2 Å². The number of likely N-dealkylation sites (tertiary alicyclic amines) is 1. The van der Waals surface area contributed by atoms with Gasteiger partial charge in [0.1, 0.15) is 21.5 Å². The second kappa shape index (κ2) is 22.0. The van der Waals surface area contributed by atoms with Crippen molar-refractivity contribution >= 4 is 68.0 Å². The number of nitrogens with one attached hydrogen (secondary N) is 3. The van der Waals surface area contributed by atoms with Gasteiger partial charge in [-0.15, -0.1) is 49.0 Å². The molecule has 2 atom stereocenters. The molecule has 340 valence electrons. The summed E-state index contributed by atoms with van der Waals surface area (Å²) in [5.74, 6) is -5.22. The van der Waals surface area contributed by atoms with Gasteiger partial charge in [-0.2, -0.15) is 0 Å². The van der Waals surface area contributed by atoms with Crippen molar-refractivity contribution in [1.82, 2.24) is 10.2 Å². The van der Waals surface area contributed by atoms with Crippen LogP contribution in [0.5, 0.6) is 11.5 Å². The summed E-state index contributed by atoms with van der Waals surface area (Å²) >= 11 is 2.44. The minimum absolute atomic E-state index is 0.000245. The van der Waals surface area contributed by atoms with Crippen molar-refractivity contribution in [2.75, 3.05) is 36.8 Å². The highest BCUT2D eigenvalue weighted by Gasteiger charge is 2.32. The van der Waals surface area contributed by atoms with E-state index >= 15 is 0 Å². The molecule has 0 saturated carbocycles.